The minimum absolute atomic E-state index is 0.132. The summed E-state index contributed by atoms with van der Waals surface area (Å²) < 4.78 is 0. The molecule has 0 saturated carbocycles. The molecule has 42 heavy (non-hydrogen) atoms. The topological polar surface area (TPSA) is 155 Å². The maximum atomic E-state index is 13.2. The summed E-state index contributed by atoms with van der Waals surface area (Å²) in [6, 6.07) is 15.7. The van der Waals surface area contributed by atoms with Gasteiger partial charge in [-0.1, -0.05) is 25.1 Å². The molecule has 12 nitrogen and oxygen atoms in total. The fraction of sp³-hybridized carbons (Fsp3) is 0.267. The van der Waals surface area contributed by atoms with Gasteiger partial charge in [0.2, 0.25) is 17.8 Å². The minimum atomic E-state index is -0.440. The van der Waals surface area contributed by atoms with E-state index in [4.69, 9.17) is 5.26 Å². The number of aromatic nitrogens is 2. The Kier molecular flexibility index (Phi) is 11.5. The first kappa shape index (κ1) is 31.3. The second-order valence-electron chi connectivity index (χ2n) is 9.64. The van der Waals surface area contributed by atoms with E-state index in [0.717, 1.165) is 6.42 Å². The number of benzene rings is 2. The molecule has 218 valence electrons. The van der Waals surface area contributed by atoms with Crippen molar-refractivity contribution in [2.75, 3.05) is 62.0 Å². The van der Waals surface area contributed by atoms with E-state index >= 15 is 0 Å². The van der Waals surface area contributed by atoms with Crippen LogP contribution >= 0.6 is 0 Å². The molecule has 0 aliphatic rings. The van der Waals surface area contributed by atoms with Gasteiger partial charge in [-0.25, -0.2) is 4.98 Å². The lowest BCUT2D eigenvalue weighted by Gasteiger charge is -2.16. The van der Waals surface area contributed by atoms with Crippen LogP contribution in [0.5, 0.6) is 0 Å². The summed E-state index contributed by atoms with van der Waals surface area (Å²) in [7, 11) is 5.34. The number of rotatable bonds is 13. The first-order valence-corrected chi connectivity index (χ1v) is 13.3. The van der Waals surface area contributed by atoms with E-state index in [1.165, 1.54) is 17.2 Å². The van der Waals surface area contributed by atoms with E-state index in [1.54, 1.807) is 61.7 Å². The molecule has 0 radical (unpaired) electrons. The van der Waals surface area contributed by atoms with Crippen molar-refractivity contribution in [3.05, 3.63) is 78.0 Å². The highest BCUT2D eigenvalue weighted by Gasteiger charge is 2.16. The van der Waals surface area contributed by atoms with Gasteiger partial charge in [0, 0.05) is 49.5 Å². The third-order valence-corrected chi connectivity index (χ3v) is 5.72. The number of nitriles is 1. The van der Waals surface area contributed by atoms with Crippen LogP contribution in [-0.2, 0) is 9.59 Å². The van der Waals surface area contributed by atoms with E-state index in [2.05, 4.69) is 37.3 Å². The van der Waals surface area contributed by atoms with Gasteiger partial charge in [0.05, 0.1) is 18.2 Å². The average molecular weight is 570 g/mol. The summed E-state index contributed by atoms with van der Waals surface area (Å²) in [5.74, 6) is -0.482. The first-order valence-electron chi connectivity index (χ1n) is 13.3. The lowest BCUT2D eigenvalue weighted by molar-refractivity contribution is -0.129. The summed E-state index contributed by atoms with van der Waals surface area (Å²) in [6.07, 6.45) is 5.40. The van der Waals surface area contributed by atoms with Crippen LogP contribution in [0.1, 0.15) is 29.3 Å². The Hall–Kier alpha value is -5.28. The van der Waals surface area contributed by atoms with Crippen molar-refractivity contribution in [1.82, 2.24) is 19.8 Å². The quantitative estimate of drug-likeness (QED) is 0.226. The van der Waals surface area contributed by atoms with Gasteiger partial charge in [0.15, 0.2) is 0 Å². The largest absolute Gasteiger partial charge is 0.369 e. The lowest BCUT2D eigenvalue weighted by atomic mass is 10.2. The average Bonchev–Trinajstić information content (AvgIpc) is 2.96. The van der Waals surface area contributed by atoms with Crippen LogP contribution in [0.2, 0.25) is 0 Å². The lowest BCUT2D eigenvalue weighted by Crippen LogP contribution is -2.34. The number of anilines is 5. The molecule has 0 atom stereocenters. The molecule has 4 N–H and O–H groups in total. The molecule has 1 aromatic heterocycles. The predicted molar refractivity (Wildman–Crippen MR) is 164 cm³/mol. The number of nitrogens with one attached hydrogen (secondary N) is 4. The van der Waals surface area contributed by atoms with Gasteiger partial charge in [-0.15, -0.1) is 0 Å². The molecule has 3 rings (SSSR count). The third-order valence-electron chi connectivity index (χ3n) is 5.72. The third kappa shape index (κ3) is 9.72. The van der Waals surface area contributed by atoms with Crippen LogP contribution < -0.4 is 21.3 Å². The maximum Gasteiger partial charge on any atom is 0.260 e. The van der Waals surface area contributed by atoms with E-state index < -0.39 is 5.91 Å². The van der Waals surface area contributed by atoms with E-state index in [0.29, 0.717) is 41.5 Å². The van der Waals surface area contributed by atoms with Crippen LogP contribution in [0.25, 0.3) is 0 Å². The van der Waals surface area contributed by atoms with E-state index in [9.17, 15) is 14.4 Å². The van der Waals surface area contributed by atoms with Crippen molar-refractivity contribution in [3.63, 3.8) is 0 Å². The van der Waals surface area contributed by atoms with Crippen molar-refractivity contribution in [2.24, 2.45) is 0 Å². The van der Waals surface area contributed by atoms with Crippen molar-refractivity contribution >= 4 is 46.5 Å². The summed E-state index contributed by atoms with van der Waals surface area (Å²) >= 11 is 0. The van der Waals surface area contributed by atoms with Gasteiger partial charge in [-0.3, -0.25) is 14.4 Å². The number of nitrogens with zero attached hydrogens (tertiary/aromatic N) is 5. The van der Waals surface area contributed by atoms with Crippen molar-refractivity contribution < 1.29 is 14.4 Å². The highest BCUT2D eigenvalue weighted by molar-refractivity contribution is 6.07. The molecule has 0 spiro atoms. The summed E-state index contributed by atoms with van der Waals surface area (Å²) in [6.45, 7) is 3.07. The molecule has 0 bridgehead atoms. The monoisotopic (exact) mass is 569 g/mol. The number of likely N-dealkylation sites (N-methyl/N-ethyl adjacent to an activating group) is 2. The van der Waals surface area contributed by atoms with Crippen LogP contribution in [0.4, 0.5) is 28.8 Å². The van der Waals surface area contributed by atoms with Gasteiger partial charge in [0.25, 0.3) is 5.91 Å². The molecule has 2 aromatic carbocycles. The van der Waals surface area contributed by atoms with Crippen LogP contribution in [0.15, 0.2) is 66.9 Å². The Balaban J connectivity index is 1.67. The van der Waals surface area contributed by atoms with Crippen molar-refractivity contribution in [3.8, 4) is 6.07 Å². The molecule has 0 unspecified atom stereocenters. The Bertz CT molecular complexity index is 1480. The second-order valence-corrected chi connectivity index (χ2v) is 9.64. The summed E-state index contributed by atoms with van der Waals surface area (Å²) in [4.78, 5) is 50.0. The number of carbonyl (C=O) groups is 3. The molecule has 3 aromatic rings. The first-order chi connectivity index (χ1) is 20.2. The highest BCUT2D eigenvalue weighted by Crippen LogP contribution is 2.21. The fourth-order valence-electron chi connectivity index (χ4n) is 3.64. The van der Waals surface area contributed by atoms with E-state index in [-0.39, 0.29) is 29.9 Å². The smallest absolute Gasteiger partial charge is 0.260 e. The van der Waals surface area contributed by atoms with Crippen LogP contribution in [-0.4, -0.2) is 78.3 Å². The minimum Gasteiger partial charge on any atom is -0.369 e. The fourth-order valence-corrected chi connectivity index (χ4v) is 3.64. The van der Waals surface area contributed by atoms with Gasteiger partial charge < -0.3 is 31.1 Å². The molecule has 12 heteroatoms. The molecule has 0 aliphatic heterocycles. The number of amides is 3. The van der Waals surface area contributed by atoms with Crippen LogP contribution in [0.3, 0.4) is 0 Å². The Morgan fingerprint density at radius 1 is 1.00 bits per heavy atom. The van der Waals surface area contributed by atoms with E-state index in [1.807, 2.05) is 25.9 Å². The van der Waals surface area contributed by atoms with Crippen LogP contribution in [0, 0.1) is 11.3 Å². The molecule has 3 amide bonds. The molecular weight excluding hydrogens is 534 g/mol. The Morgan fingerprint density at radius 2 is 1.71 bits per heavy atom. The van der Waals surface area contributed by atoms with Gasteiger partial charge in [0.1, 0.15) is 11.4 Å². The van der Waals surface area contributed by atoms with Gasteiger partial charge >= 0.3 is 0 Å². The highest BCUT2D eigenvalue weighted by atomic mass is 16.2. The standard InChI is InChI=1S/C30H35N9O3/c1-5-14-32-28-25(19-33-30(37-28)36-22-10-6-9-21(16-22)18-31)29(42)35-24-12-7-11-23(17-24)34-26(40)20-39(4)27(41)13-8-15-38(2)3/h6-13,16-17,19H,5,14-15,20H2,1-4H3,(H,34,40)(H,35,42)(H2,32,33,36,37)/b13-8+. The molecular formula is C30H35N9O3. The Labute approximate surface area is 245 Å². The van der Waals surface area contributed by atoms with Crippen molar-refractivity contribution in [2.45, 2.75) is 13.3 Å². The number of carbonyl (C=O) groups excluding carboxylic acids is 3. The van der Waals surface area contributed by atoms with Crippen molar-refractivity contribution in [1.29, 1.82) is 5.26 Å². The molecule has 1 heterocycles. The molecule has 0 aliphatic carbocycles. The SMILES string of the molecule is CCCNc1nc(Nc2cccc(C#N)c2)ncc1C(=O)Nc1cccc(NC(=O)CN(C)C(=O)/C=C/CN(C)C)c1. The predicted octanol–water partition coefficient (Wildman–Crippen LogP) is 3.68. The second kappa shape index (κ2) is 15.5. The normalized spacial score (nSPS) is 10.7. The zero-order valence-corrected chi connectivity index (χ0v) is 24.1. The maximum absolute atomic E-state index is 13.2. The molecule has 0 saturated heterocycles. The van der Waals surface area contributed by atoms with Gasteiger partial charge in [-0.2, -0.15) is 10.2 Å². The number of hydrogen-bond donors (Lipinski definition) is 4. The summed E-state index contributed by atoms with van der Waals surface area (Å²) in [5, 5.41) is 20.9. The van der Waals surface area contributed by atoms with Gasteiger partial charge in [-0.05, 0) is 56.9 Å². The summed E-state index contributed by atoms with van der Waals surface area (Å²) in [5.41, 5.74) is 2.28. The molecule has 0 fully saturated rings. The zero-order valence-electron chi connectivity index (χ0n) is 24.1. The zero-order chi connectivity index (χ0) is 30.5. The number of hydrogen-bond acceptors (Lipinski definition) is 9. The Morgan fingerprint density at radius 3 is 2.43 bits per heavy atom.